The van der Waals surface area contributed by atoms with Crippen molar-refractivity contribution in [1.82, 2.24) is 10.3 Å². The van der Waals surface area contributed by atoms with Crippen molar-refractivity contribution < 1.29 is 19.0 Å². The van der Waals surface area contributed by atoms with Gasteiger partial charge in [-0.25, -0.2) is 9.37 Å². The van der Waals surface area contributed by atoms with E-state index in [1.54, 1.807) is 19.1 Å². The fraction of sp³-hybridized carbons (Fsp3) is 0.231. The molecule has 0 aliphatic carbocycles. The highest BCUT2D eigenvalue weighted by molar-refractivity contribution is 5.93. The summed E-state index contributed by atoms with van der Waals surface area (Å²) in [5.41, 5.74) is 3.52. The molecule has 162 valence electrons. The number of benzene rings is 2. The van der Waals surface area contributed by atoms with E-state index in [0.717, 1.165) is 18.6 Å². The van der Waals surface area contributed by atoms with Crippen molar-refractivity contribution in [2.45, 2.75) is 32.4 Å². The molecule has 3 aromatic rings. The summed E-state index contributed by atoms with van der Waals surface area (Å²) in [6, 6.07) is 13.8. The molecule has 1 amide bonds. The first-order valence-corrected chi connectivity index (χ1v) is 10.4. The summed E-state index contributed by atoms with van der Waals surface area (Å²) in [5, 5.41) is 13.3. The molecule has 0 radical (unpaired) electrons. The van der Waals surface area contributed by atoms with E-state index < -0.39 is 17.8 Å². The van der Waals surface area contributed by atoms with Gasteiger partial charge in [-0.3, -0.25) is 4.79 Å². The monoisotopic (exact) mass is 430 g/mol. The molecule has 32 heavy (non-hydrogen) atoms. The van der Waals surface area contributed by atoms with Crippen LogP contribution < -0.4 is 5.32 Å². The van der Waals surface area contributed by atoms with Crippen LogP contribution in [0.4, 0.5) is 4.39 Å². The van der Waals surface area contributed by atoms with Crippen molar-refractivity contribution in [3.63, 3.8) is 0 Å². The quantitative estimate of drug-likeness (QED) is 0.609. The SMILES string of the molecule is Cc1ccc(C(NC(=O)c2cc(C#C[C@@H]3CCO3)cc(C)n2)c2cc(F)ccc2O)cc1. The van der Waals surface area contributed by atoms with E-state index >= 15 is 0 Å². The lowest BCUT2D eigenvalue weighted by atomic mass is 9.96. The van der Waals surface area contributed by atoms with Gasteiger partial charge in [0, 0.05) is 23.2 Å². The second kappa shape index (κ2) is 9.21. The Hall–Kier alpha value is -3.69. The van der Waals surface area contributed by atoms with Gasteiger partial charge in [-0.1, -0.05) is 41.7 Å². The lowest BCUT2D eigenvalue weighted by Gasteiger charge is -2.21. The molecule has 0 spiro atoms. The fourth-order valence-corrected chi connectivity index (χ4v) is 3.43. The van der Waals surface area contributed by atoms with Crippen molar-refractivity contribution in [2.75, 3.05) is 6.61 Å². The number of nitrogens with zero attached hydrogens (tertiary/aromatic N) is 1. The summed E-state index contributed by atoms with van der Waals surface area (Å²) in [5.74, 6) is 5.00. The summed E-state index contributed by atoms with van der Waals surface area (Å²) < 4.78 is 19.3. The van der Waals surface area contributed by atoms with Crippen LogP contribution in [0, 0.1) is 31.5 Å². The van der Waals surface area contributed by atoms with Crippen LogP contribution in [0.25, 0.3) is 0 Å². The van der Waals surface area contributed by atoms with Gasteiger partial charge in [0.15, 0.2) is 0 Å². The highest BCUT2D eigenvalue weighted by Crippen LogP contribution is 2.30. The highest BCUT2D eigenvalue weighted by Gasteiger charge is 2.22. The van der Waals surface area contributed by atoms with E-state index in [4.69, 9.17) is 4.74 Å². The van der Waals surface area contributed by atoms with Crippen molar-refractivity contribution in [2.24, 2.45) is 0 Å². The summed E-state index contributed by atoms with van der Waals surface area (Å²) in [6.45, 7) is 4.46. The minimum absolute atomic E-state index is 0.0670. The van der Waals surface area contributed by atoms with Crippen LogP contribution in [0.15, 0.2) is 54.6 Å². The van der Waals surface area contributed by atoms with Gasteiger partial charge >= 0.3 is 0 Å². The predicted molar refractivity (Wildman–Crippen MR) is 119 cm³/mol. The molecule has 1 aliphatic rings. The Morgan fingerprint density at radius 1 is 1.19 bits per heavy atom. The number of aromatic hydroxyl groups is 1. The molecule has 5 nitrogen and oxygen atoms in total. The smallest absolute Gasteiger partial charge is 0.270 e. The van der Waals surface area contributed by atoms with E-state index in [1.807, 2.05) is 31.2 Å². The Morgan fingerprint density at radius 2 is 1.94 bits per heavy atom. The third-order valence-corrected chi connectivity index (χ3v) is 5.25. The lowest BCUT2D eigenvalue weighted by molar-refractivity contribution is -0.0122. The molecule has 4 rings (SSSR count). The number of phenolic OH excluding ortho intramolecular Hbond substituents is 1. The molecule has 6 heteroatoms. The van der Waals surface area contributed by atoms with Crippen LogP contribution >= 0.6 is 0 Å². The van der Waals surface area contributed by atoms with Crippen LogP contribution in [0.2, 0.25) is 0 Å². The topological polar surface area (TPSA) is 71.5 Å². The molecule has 0 bridgehead atoms. The molecule has 1 saturated heterocycles. The van der Waals surface area contributed by atoms with Gasteiger partial charge in [0.2, 0.25) is 0 Å². The van der Waals surface area contributed by atoms with Crippen molar-refractivity contribution >= 4 is 5.91 Å². The number of ether oxygens (including phenoxy) is 1. The Morgan fingerprint density at radius 3 is 2.62 bits per heavy atom. The first-order valence-electron chi connectivity index (χ1n) is 10.4. The lowest BCUT2D eigenvalue weighted by Crippen LogP contribution is -2.30. The average Bonchev–Trinajstić information content (AvgIpc) is 2.73. The van der Waals surface area contributed by atoms with E-state index in [9.17, 15) is 14.3 Å². The molecular formula is C26H23FN2O3. The van der Waals surface area contributed by atoms with Gasteiger partial charge in [-0.15, -0.1) is 0 Å². The minimum Gasteiger partial charge on any atom is -0.508 e. The molecule has 2 atom stereocenters. The maximum absolute atomic E-state index is 14.0. The molecule has 2 heterocycles. The van der Waals surface area contributed by atoms with Crippen LogP contribution in [0.5, 0.6) is 5.75 Å². The number of halogens is 1. The van der Waals surface area contributed by atoms with E-state index in [1.165, 1.54) is 18.2 Å². The molecule has 2 aromatic carbocycles. The Labute approximate surface area is 186 Å². The number of phenols is 1. The normalized spacial score (nSPS) is 15.8. The maximum atomic E-state index is 14.0. The second-order valence-corrected chi connectivity index (χ2v) is 7.82. The minimum atomic E-state index is -0.765. The number of hydrogen-bond acceptors (Lipinski definition) is 4. The third-order valence-electron chi connectivity index (χ3n) is 5.25. The van der Waals surface area contributed by atoms with Gasteiger partial charge in [0.05, 0.1) is 12.6 Å². The first kappa shape index (κ1) is 21.5. The number of carbonyl (C=O) groups is 1. The van der Waals surface area contributed by atoms with Crippen LogP contribution in [-0.2, 0) is 4.74 Å². The number of aryl methyl sites for hydroxylation is 2. The van der Waals surface area contributed by atoms with Crippen molar-refractivity contribution in [3.05, 3.63) is 94.1 Å². The number of hydrogen-bond donors (Lipinski definition) is 2. The van der Waals surface area contributed by atoms with Crippen molar-refractivity contribution in [3.8, 4) is 17.6 Å². The standard InChI is InChI=1S/C26H23FN2O3/c1-16-3-6-19(7-4-16)25(22-15-20(27)8-10-24(22)30)29-26(31)23-14-18(13-17(2)28-23)5-9-21-11-12-32-21/h3-4,6-8,10,13-15,21,25,30H,11-12H2,1-2H3,(H,29,31)/t21-,25?/m1/s1. The first-order chi connectivity index (χ1) is 15.4. The number of aromatic nitrogens is 1. The number of rotatable bonds is 4. The molecule has 1 unspecified atom stereocenters. The summed E-state index contributed by atoms with van der Waals surface area (Å²) in [6.07, 6.45) is 0.836. The van der Waals surface area contributed by atoms with Gasteiger partial charge in [-0.05, 0) is 49.7 Å². The van der Waals surface area contributed by atoms with E-state index in [-0.39, 0.29) is 23.1 Å². The van der Waals surface area contributed by atoms with Crippen LogP contribution in [0.1, 0.15) is 50.9 Å². The number of pyridine rings is 1. The number of amides is 1. The third kappa shape index (κ3) is 4.96. The summed E-state index contributed by atoms with van der Waals surface area (Å²) in [7, 11) is 0. The molecule has 0 saturated carbocycles. The number of carbonyl (C=O) groups excluding carboxylic acids is 1. The molecule has 1 fully saturated rings. The molecule has 2 N–H and O–H groups in total. The molecule has 1 aliphatic heterocycles. The van der Waals surface area contributed by atoms with Crippen LogP contribution in [0.3, 0.4) is 0 Å². The Balaban J connectivity index is 1.66. The van der Waals surface area contributed by atoms with Gasteiger partial charge in [-0.2, -0.15) is 0 Å². The number of nitrogens with one attached hydrogen (secondary N) is 1. The average molecular weight is 430 g/mol. The van der Waals surface area contributed by atoms with Gasteiger partial charge in [0.25, 0.3) is 5.91 Å². The second-order valence-electron chi connectivity index (χ2n) is 7.82. The van der Waals surface area contributed by atoms with Gasteiger partial charge in [0.1, 0.15) is 23.4 Å². The van der Waals surface area contributed by atoms with Crippen LogP contribution in [-0.4, -0.2) is 28.7 Å². The largest absolute Gasteiger partial charge is 0.508 e. The molecular weight excluding hydrogens is 407 g/mol. The van der Waals surface area contributed by atoms with Gasteiger partial charge < -0.3 is 15.2 Å². The fourth-order valence-electron chi connectivity index (χ4n) is 3.43. The highest BCUT2D eigenvalue weighted by atomic mass is 19.1. The van der Waals surface area contributed by atoms with Crippen molar-refractivity contribution in [1.29, 1.82) is 0 Å². The molecule has 1 aromatic heterocycles. The summed E-state index contributed by atoms with van der Waals surface area (Å²) in [4.78, 5) is 17.5. The zero-order chi connectivity index (χ0) is 22.7. The van der Waals surface area contributed by atoms with E-state index in [2.05, 4.69) is 22.1 Å². The zero-order valence-electron chi connectivity index (χ0n) is 17.9. The Bertz CT molecular complexity index is 1210. The van der Waals surface area contributed by atoms with E-state index in [0.29, 0.717) is 16.8 Å². The Kier molecular flexibility index (Phi) is 6.20. The predicted octanol–water partition coefficient (Wildman–Crippen LogP) is 4.20. The maximum Gasteiger partial charge on any atom is 0.270 e. The summed E-state index contributed by atoms with van der Waals surface area (Å²) >= 11 is 0. The zero-order valence-corrected chi connectivity index (χ0v) is 17.9.